The summed E-state index contributed by atoms with van der Waals surface area (Å²) in [6.07, 6.45) is 3.37. The predicted octanol–water partition coefficient (Wildman–Crippen LogP) is 6.38. The molecule has 0 radical (unpaired) electrons. The minimum Gasteiger partial charge on any atom is -0.494 e. The summed E-state index contributed by atoms with van der Waals surface area (Å²) in [6, 6.07) is 19.1. The fourth-order valence-corrected chi connectivity index (χ4v) is 4.56. The molecule has 4 rings (SSSR count). The fourth-order valence-electron chi connectivity index (χ4n) is 3.39. The van der Waals surface area contributed by atoms with Crippen LogP contribution in [0.25, 0.3) is 22.2 Å². The molecule has 2 aromatic carbocycles. The number of phosphoric ester groups is 1. The number of nitrogens with one attached hydrogen (secondary N) is 1. The summed E-state index contributed by atoms with van der Waals surface area (Å²) in [5, 5.41) is 11.2. The first-order valence-corrected chi connectivity index (χ1v) is 12.4. The van der Waals surface area contributed by atoms with Crippen molar-refractivity contribution in [2.45, 2.75) is 20.5 Å². The lowest BCUT2D eigenvalue weighted by Crippen LogP contribution is -2.00. The summed E-state index contributed by atoms with van der Waals surface area (Å²) < 4.78 is 28.1. The minimum absolute atomic E-state index is 0.00378. The van der Waals surface area contributed by atoms with Crippen molar-refractivity contribution in [3.8, 4) is 17.0 Å². The van der Waals surface area contributed by atoms with Gasteiger partial charge in [0.2, 0.25) is 0 Å². The Kier molecular flexibility index (Phi) is 7.55. The van der Waals surface area contributed by atoms with Gasteiger partial charge in [-0.1, -0.05) is 42.5 Å². The molecule has 0 fully saturated rings. The monoisotopic (exact) mass is 479 g/mol. The number of fused-ring (bicyclic) bond motifs is 1. The van der Waals surface area contributed by atoms with E-state index in [0.29, 0.717) is 16.9 Å². The van der Waals surface area contributed by atoms with E-state index >= 15 is 0 Å². The molecular weight excluding hydrogens is 453 g/mol. The number of nitrogens with zero attached hydrogens (tertiary/aromatic N) is 2. The summed E-state index contributed by atoms with van der Waals surface area (Å²) in [4.78, 5) is 11.8. The number of hydrogen-bond donors (Lipinski definition) is 2. The van der Waals surface area contributed by atoms with Crippen LogP contribution < -0.4 is 0 Å². The van der Waals surface area contributed by atoms with Crippen LogP contribution in [0.2, 0.25) is 0 Å². The number of aromatic hydroxyl groups is 1. The number of pyridine rings is 1. The van der Waals surface area contributed by atoms with E-state index in [-0.39, 0.29) is 25.7 Å². The highest BCUT2D eigenvalue weighted by atomic mass is 31.2. The smallest absolute Gasteiger partial charge is 0.475 e. The molecule has 4 aromatic rings. The Hall–Kier alpha value is -3.29. The molecule has 0 aliphatic heterocycles. The van der Waals surface area contributed by atoms with Crippen molar-refractivity contribution >= 4 is 30.8 Å². The Balaban J connectivity index is 1.50. The number of aromatic nitrogens is 2. The van der Waals surface area contributed by atoms with E-state index < -0.39 is 7.82 Å². The van der Waals surface area contributed by atoms with Gasteiger partial charge in [-0.15, -0.1) is 0 Å². The van der Waals surface area contributed by atoms with Crippen LogP contribution in [0.4, 0.5) is 5.69 Å². The summed E-state index contributed by atoms with van der Waals surface area (Å²) in [5.74, 6) is 0.00378. The molecule has 0 saturated heterocycles. The van der Waals surface area contributed by atoms with Crippen molar-refractivity contribution in [1.29, 1.82) is 0 Å². The van der Waals surface area contributed by atoms with Crippen molar-refractivity contribution in [1.82, 2.24) is 9.97 Å². The molecule has 0 amide bonds. The van der Waals surface area contributed by atoms with Crippen LogP contribution in [0.1, 0.15) is 25.0 Å². The number of phosphoric acid groups is 1. The molecule has 2 N–H and O–H groups in total. The van der Waals surface area contributed by atoms with E-state index in [1.807, 2.05) is 48.5 Å². The van der Waals surface area contributed by atoms with E-state index in [2.05, 4.69) is 15.0 Å². The second-order valence-electron chi connectivity index (χ2n) is 7.35. The molecule has 9 heteroatoms. The van der Waals surface area contributed by atoms with Gasteiger partial charge in [-0.3, -0.25) is 18.6 Å². The highest BCUT2D eigenvalue weighted by Crippen LogP contribution is 2.49. The van der Waals surface area contributed by atoms with Crippen LogP contribution >= 0.6 is 7.82 Å². The van der Waals surface area contributed by atoms with Gasteiger partial charge in [0.1, 0.15) is 5.65 Å². The lowest BCUT2D eigenvalue weighted by atomic mass is 10.1. The first-order valence-electron chi connectivity index (χ1n) is 10.9. The van der Waals surface area contributed by atoms with Gasteiger partial charge in [0, 0.05) is 23.4 Å². The Morgan fingerprint density at radius 2 is 1.71 bits per heavy atom. The first-order chi connectivity index (χ1) is 16.5. The normalized spacial score (nSPS) is 12.1. The van der Waals surface area contributed by atoms with Gasteiger partial charge in [-0.25, -0.2) is 9.55 Å². The molecule has 0 aliphatic rings. The van der Waals surface area contributed by atoms with Crippen LogP contribution in [-0.2, 0) is 24.7 Å². The SMILES string of the molecule is CCOP(=O)(OCC)OCc1ccc(N=Cc2c(O)[nH]c3ncc(-c4ccccc4)cc23)cc1. The van der Waals surface area contributed by atoms with E-state index in [9.17, 15) is 9.67 Å². The maximum atomic E-state index is 12.4. The molecule has 0 saturated carbocycles. The van der Waals surface area contributed by atoms with E-state index in [1.165, 1.54) is 0 Å². The standard InChI is InChI=1S/C25H26N3O5P/c1-3-31-34(30,32-4-2)33-17-18-10-12-21(13-11-18)26-16-23-22-14-20(19-8-6-5-7-9-19)15-27-24(22)28-25(23)29/h5-16,29H,3-4,17H2,1-2H3,(H,27,28). The largest absolute Gasteiger partial charge is 0.494 e. The van der Waals surface area contributed by atoms with Gasteiger partial charge in [0.05, 0.1) is 31.1 Å². The molecule has 0 aliphatic carbocycles. The molecule has 0 unspecified atom stereocenters. The van der Waals surface area contributed by atoms with Crippen molar-refractivity contribution in [3.63, 3.8) is 0 Å². The average Bonchev–Trinajstić information content (AvgIpc) is 3.17. The van der Waals surface area contributed by atoms with Crippen LogP contribution in [0.3, 0.4) is 0 Å². The molecule has 2 heterocycles. The lowest BCUT2D eigenvalue weighted by Gasteiger charge is -2.16. The van der Waals surface area contributed by atoms with Crippen LogP contribution in [0.5, 0.6) is 5.88 Å². The number of aromatic amines is 1. The average molecular weight is 479 g/mol. The number of rotatable bonds is 10. The molecule has 34 heavy (non-hydrogen) atoms. The molecular formula is C25H26N3O5P. The van der Waals surface area contributed by atoms with Crippen LogP contribution in [0, 0.1) is 0 Å². The fraction of sp³-hybridized carbons (Fsp3) is 0.200. The Bertz CT molecular complexity index is 1310. The van der Waals surface area contributed by atoms with E-state index in [1.54, 1.807) is 38.4 Å². The predicted molar refractivity (Wildman–Crippen MR) is 133 cm³/mol. The summed E-state index contributed by atoms with van der Waals surface area (Å²) >= 11 is 0. The number of hydrogen-bond acceptors (Lipinski definition) is 7. The first kappa shape index (κ1) is 23.9. The van der Waals surface area contributed by atoms with E-state index in [0.717, 1.165) is 22.1 Å². The van der Waals surface area contributed by atoms with Gasteiger partial charge in [0.15, 0.2) is 5.88 Å². The Morgan fingerprint density at radius 1 is 1.00 bits per heavy atom. The highest BCUT2D eigenvalue weighted by molar-refractivity contribution is 7.48. The topological polar surface area (TPSA) is 106 Å². The third-order valence-electron chi connectivity index (χ3n) is 5.02. The van der Waals surface area contributed by atoms with Crippen molar-refractivity contribution in [3.05, 3.63) is 78.0 Å². The quantitative estimate of drug-likeness (QED) is 0.202. The van der Waals surface area contributed by atoms with Crippen LogP contribution in [-0.4, -0.2) is 34.5 Å². The molecule has 0 spiro atoms. The van der Waals surface area contributed by atoms with Crippen molar-refractivity contribution in [2.75, 3.05) is 13.2 Å². The number of aliphatic imine (C=N–C) groups is 1. The zero-order valence-corrected chi connectivity index (χ0v) is 19.9. The maximum Gasteiger partial charge on any atom is 0.475 e. The summed E-state index contributed by atoms with van der Waals surface area (Å²) in [6.45, 7) is 4.00. The number of benzene rings is 2. The van der Waals surface area contributed by atoms with Crippen LogP contribution in [0.15, 0.2) is 71.9 Å². The van der Waals surface area contributed by atoms with Crippen molar-refractivity contribution < 1.29 is 23.2 Å². The minimum atomic E-state index is -3.56. The van der Waals surface area contributed by atoms with Gasteiger partial charge in [-0.05, 0) is 43.2 Å². The molecule has 176 valence electrons. The highest BCUT2D eigenvalue weighted by Gasteiger charge is 2.25. The van der Waals surface area contributed by atoms with Gasteiger partial charge in [0.25, 0.3) is 0 Å². The van der Waals surface area contributed by atoms with E-state index in [4.69, 9.17) is 13.6 Å². The summed E-state index contributed by atoms with van der Waals surface area (Å²) in [7, 11) is -3.56. The Morgan fingerprint density at radius 3 is 2.38 bits per heavy atom. The maximum absolute atomic E-state index is 12.4. The van der Waals surface area contributed by atoms with Gasteiger partial charge in [-0.2, -0.15) is 0 Å². The number of H-pyrrole nitrogens is 1. The zero-order chi connectivity index (χ0) is 24.0. The molecule has 2 aromatic heterocycles. The zero-order valence-electron chi connectivity index (χ0n) is 19.0. The third kappa shape index (κ3) is 5.61. The molecule has 8 nitrogen and oxygen atoms in total. The second-order valence-corrected chi connectivity index (χ2v) is 9.02. The summed E-state index contributed by atoms with van der Waals surface area (Å²) in [5.41, 5.74) is 4.60. The Labute approximate surface area is 197 Å². The van der Waals surface area contributed by atoms with Gasteiger partial charge < -0.3 is 10.1 Å². The van der Waals surface area contributed by atoms with Crippen molar-refractivity contribution in [2.24, 2.45) is 4.99 Å². The van der Waals surface area contributed by atoms with Gasteiger partial charge >= 0.3 is 7.82 Å². The molecule has 0 atom stereocenters. The third-order valence-corrected chi connectivity index (χ3v) is 6.61. The lowest BCUT2D eigenvalue weighted by molar-refractivity contribution is 0.116. The second kappa shape index (κ2) is 10.8. The molecule has 0 bridgehead atoms.